The molecule has 0 amide bonds. The maximum Gasteiger partial charge on any atom is 0.262 e. The van der Waals surface area contributed by atoms with E-state index in [1.54, 1.807) is 17.5 Å². The van der Waals surface area contributed by atoms with Crippen molar-refractivity contribution in [2.24, 2.45) is 0 Å². The third kappa shape index (κ3) is 7.12. The van der Waals surface area contributed by atoms with Gasteiger partial charge in [-0.1, -0.05) is 11.3 Å². The molecule has 23 heavy (non-hydrogen) atoms. The molecule has 0 saturated carbocycles. The minimum atomic E-state index is -4.89. The fraction of sp³-hybridized carbons (Fsp3) is 0.417. The molecule has 2 heterocycles. The molecular formula is C12H19N4O5PS. The number of phosphoric acid groups is 1. The van der Waals surface area contributed by atoms with Gasteiger partial charge >= 0.3 is 0 Å². The van der Waals surface area contributed by atoms with E-state index in [-0.39, 0.29) is 6.61 Å². The Balaban J connectivity index is 0.000000463. The second-order valence-corrected chi connectivity index (χ2v) is 6.57. The zero-order valence-electron chi connectivity index (χ0n) is 12.7. The number of aliphatic hydroxyl groups is 1. The monoisotopic (exact) mass is 362 g/mol. The average Bonchev–Trinajstić information content (AvgIpc) is 2.73. The van der Waals surface area contributed by atoms with E-state index in [1.165, 1.54) is 4.88 Å². The van der Waals surface area contributed by atoms with Crippen LogP contribution < -0.4 is 15.2 Å². The van der Waals surface area contributed by atoms with E-state index in [9.17, 15) is 0 Å². The van der Waals surface area contributed by atoms with Crippen molar-refractivity contribution in [1.29, 1.82) is 0 Å². The summed E-state index contributed by atoms with van der Waals surface area (Å²) in [5, 5.41) is 8.98. The molecule has 0 aromatic carbocycles. The summed E-state index contributed by atoms with van der Waals surface area (Å²) in [4.78, 5) is 32.4. The highest BCUT2D eigenvalue weighted by Crippen LogP contribution is 2.19. The van der Waals surface area contributed by atoms with Crippen molar-refractivity contribution in [2.45, 2.75) is 26.8 Å². The van der Waals surface area contributed by atoms with Crippen molar-refractivity contribution in [3.63, 3.8) is 0 Å². The number of hydrogen-bond acceptors (Lipinski definition) is 7. The standard InChI is InChI=1S/C12H17N4OS.H3O4P/c1-8-11(3-4-17)18-7-16(8)6-10-5-14-9(2)15-12(10)13;1-5(2,3)4/h5,7,17H,3-4,6H2,1-2H3,(H2,13,14,15);(H3,1,2,3,4)/q+1;/p-1. The number of anilines is 1. The lowest BCUT2D eigenvalue weighted by Gasteiger charge is -2.01. The Morgan fingerprint density at radius 1 is 1.43 bits per heavy atom. The molecule has 0 bridgehead atoms. The highest BCUT2D eigenvalue weighted by molar-refractivity contribution is 7.43. The largest absolute Gasteiger partial charge is 0.756 e. The number of aryl methyl sites for hydroxylation is 1. The fourth-order valence-corrected chi connectivity index (χ4v) is 2.75. The highest BCUT2D eigenvalue weighted by Gasteiger charge is 2.16. The van der Waals surface area contributed by atoms with Gasteiger partial charge in [-0.2, -0.15) is 4.57 Å². The van der Waals surface area contributed by atoms with Crippen LogP contribution >= 0.6 is 19.2 Å². The first-order valence-electron chi connectivity index (χ1n) is 6.53. The van der Waals surface area contributed by atoms with Crippen LogP contribution in [0.25, 0.3) is 0 Å². The van der Waals surface area contributed by atoms with Gasteiger partial charge in [0, 0.05) is 26.1 Å². The predicted octanol–water partition coefficient (Wildman–Crippen LogP) is -0.953. The van der Waals surface area contributed by atoms with Gasteiger partial charge in [0.2, 0.25) is 5.51 Å². The lowest BCUT2D eigenvalue weighted by molar-refractivity contribution is -0.689. The number of aliphatic hydroxyl groups excluding tert-OH is 1. The summed E-state index contributed by atoms with van der Waals surface area (Å²) in [5.41, 5.74) is 10.0. The summed E-state index contributed by atoms with van der Waals surface area (Å²) in [5.74, 6) is 1.22. The number of rotatable bonds is 4. The number of aromatic nitrogens is 3. The molecule has 0 aliphatic heterocycles. The van der Waals surface area contributed by atoms with E-state index in [0.29, 0.717) is 24.6 Å². The summed E-state index contributed by atoms with van der Waals surface area (Å²) in [6.45, 7) is 4.71. The molecule has 2 aromatic rings. The van der Waals surface area contributed by atoms with Crippen LogP contribution in [0, 0.1) is 13.8 Å². The van der Waals surface area contributed by atoms with Crippen LogP contribution in [0.1, 0.15) is 22.0 Å². The Morgan fingerprint density at radius 2 is 2.04 bits per heavy atom. The minimum Gasteiger partial charge on any atom is -0.756 e. The molecule has 128 valence electrons. The Bertz CT molecular complexity index is 694. The van der Waals surface area contributed by atoms with E-state index in [1.807, 2.05) is 19.4 Å². The summed E-state index contributed by atoms with van der Waals surface area (Å²) >= 11 is 1.65. The number of hydrogen-bond donors (Lipinski definition) is 4. The Kier molecular flexibility index (Phi) is 7.20. The first kappa shape index (κ1) is 19.6. The van der Waals surface area contributed by atoms with E-state index in [2.05, 4.69) is 14.5 Å². The van der Waals surface area contributed by atoms with Gasteiger partial charge in [0.1, 0.15) is 11.6 Å². The SMILES string of the molecule is Cc1ncc(C[n+]2csc(CCO)c2C)c(N)n1.O=P([O-])(O)O. The topological polar surface area (TPSA) is 156 Å². The van der Waals surface area contributed by atoms with Crippen LogP contribution in [-0.2, 0) is 17.5 Å². The van der Waals surface area contributed by atoms with Crippen LogP contribution in [0.4, 0.5) is 5.82 Å². The Morgan fingerprint density at radius 3 is 2.57 bits per heavy atom. The van der Waals surface area contributed by atoms with Crippen LogP contribution in [-0.4, -0.2) is 31.5 Å². The second kappa shape index (κ2) is 8.44. The third-order valence-electron chi connectivity index (χ3n) is 2.85. The van der Waals surface area contributed by atoms with Crippen molar-refractivity contribution < 1.29 is 28.9 Å². The van der Waals surface area contributed by atoms with Crippen LogP contribution in [0.15, 0.2) is 11.7 Å². The smallest absolute Gasteiger partial charge is 0.262 e. The van der Waals surface area contributed by atoms with Crippen molar-refractivity contribution in [2.75, 3.05) is 12.3 Å². The summed E-state index contributed by atoms with van der Waals surface area (Å²) in [7, 11) is -4.89. The molecule has 0 radical (unpaired) electrons. The molecule has 9 nitrogen and oxygen atoms in total. The number of nitrogens with zero attached hydrogens (tertiary/aromatic N) is 3. The normalized spacial score (nSPS) is 11.0. The molecule has 2 aromatic heterocycles. The number of thiazole rings is 1. The molecule has 0 aliphatic carbocycles. The molecular weight excluding hydrogens is 343 g/mol. The molecule has 0 fully saturated rings. The average molecular weight is 362 g/mol. The number of nitrogens with two attached hydrogens (primary N) is 1. The van der Waals surface area contributed by atoms with E-state index in [4.69, 9.17) is 30.1 Å². The predicted molar refractivity (Wildman–Crippen MR) is 82.4 cm³/mol. The molecule has 0 aliphatic rings. The van der Waals surface area contributed by atoms with Gasteiger partial charge in [-0.25, -0.2) is 9.97 Å². The zero-order valence-corrected chi connectivity index (χ0v) is 14.4. The van der Waals surface area contributed by atoms with Crippen LogP contribution in [0.5, 0.6) is 0 Å². The molecule has 0 unspecified atom stereocenters. The lowest BCUT2D eigenvalue weighted by atomic mass is 10.2. The maximum atomic E-state index is 8.98. The second-order valence-electron chi connectivity index (χ2n) is 4.65. The quantitative estimate of drug-likeness (QED) is 0.400. The van der Waals surface area contributed by atoms with Gasteiger partial charge in [0.25, 0.3) is 7.82 Å². The fourth-order valence-electron chi connectivity index (χ4n) is 1.77. The lowest BCUT2D eigenvalue weighted by Crippen LogP contribution is -2.35. The Hall–Kier alpha value is -1.42. The van der Waals surface area contributed by atoms with Crippen LogP contribution in [0.3, 0.4) is 0 Å². The zero-order chi connectivity index (χ0) is 17.6. The molecule has 11 heteroatoms. The number of nitrogen functional groups attached to an aromatic ring is 1. The van der Waals surface area contributed by atoms with Crippen LogP contribution in [0.2, 0.25) is 0 Å². The van der Waals surface area contributed by atoms with Gasteiger partial charge in [-0.3, -0.25) is 4.57 Å². The molecule has 0 spiro atoms. The summed E-state index contributed by atoms with van der Waals surface area (Å²) < 4.78 is 10.9. The first-order valence-corrected chi connectivity index (χ1v) is 8.94. The van der Waals surface area contributed by atoms with E-state index in [0.717, 1.165) is 11.3 Å². The summed E-state index contributed by atoms with van der Waals surface area (Å²) in [6, 6.07) is 0. The van der Waals surface area contributed by atoms with Crippen molar-refractivity contribution in [3.05, 3.63) is 33.7 Å². The summed E-state index contributed by atoms with van der Waals surface area (Å²) in [6.07, 6.45) is 2.47. The van der Waals surface area contributed by atoms with Gasteiger partial charge in [-0.05, 0) is 6.92 Å². The van der Waals surface area contributed by atoms with Crippen molar-refractivity contribution in [3.8, 4) is 0 Å². The highest BCUT2D eigenvalue weighted by atomic mass is 32.1. The molecule has 0 atom stereocenters. The van der Waals surface area contributed by atoms with E-state index < -0.39 is 7.82 Å². The van der Waals surface area contributed by atoms with Gasteiger partial charge in [0.05, 0.1) is 10.4 Å². The Labute approximate surface area is 137 Å². The van der Waals surface area contributed by atoms with Gasteiger partial charge in [0.15, 0.2) is 12.2 Å². The van der Waals surface area contributed by atoms with Crippen molar-refractivity contribution >= 4 is 25.0 Å². The molecule has 0 saturated heterocycles. The maximum absolute atomic E-state index is 8.98. The molecule has 5 N–H and O–H groups in total. The first-order chi connectivity index (χ1) is 10.6. The third-order valence-corrected chi connectivity index (χ3v) is 4.00. The molecule has 2 rings (SSSR count). The van der Waals surface area contributed by atoms with Gasteiger partial charge < -0.3 is 25.5 Å². The van der Waals surface area contributed by atoms with E-state index >= 15 is 0 Å². The van der Waals surface area contributed by atoms with Gasteiger partial charge in [-0.15, -0.1) is 0 Å². The minimum absolute atomic E-state index is 0.178. The van der Waals surface area contributed by atoms with Crippen molar-refractivity contribution in [1.82, 2.24) is 9.97 Å².